The SMILES string of the molecule is CCCOc1ccc(C(=O)OCC(=O)N[C@@H](c2ccccc2)c2cccs2)cc1. The van der Waals surface area contributed by atoms with Gasteiger partial charge in [-0.25, -0.2) is 4.79 Å². The molecule has 0 unspecified atom stereocenters. The van der Waals surface area contributed by atoms with Crippen LogP contribution < -0.4 is 10.1 Å². The quantitative estimate of drug-likeness (QED) is 0.525. The molecule has 0 saturated carbocycles. The van der Waals surface area contributed by atoms with Crippen molar-refractivity contribution in [3.63, 3.8) is 0 Å². The fourth-order valence-corrected chi connectivity index (χ4v) is 3.55. The van der Waals surface area contributed by atoms with Crippen LogP contribution in [0.25, 0.3) is 0 Å². The Labute approximate surface area is 174 Å². The van der Waals surface area contributed by atoms with Crippen molar-refractivity contribution in [1.29, 1.82) is 0 Å². The molecule has 1 amide bonds. The highest BCUT2D eigenvalue weighted by atomic mass is 32.1. The fraction of sp³-hybridized carbons (Fsp3) is 0.217. The largest absolute Gasteiger partial charge is 0.494 e. The van der Waals surface area contributed by atoms with Crippen LogP contribution in [0.3, 0.4) is 0 Å². The Morgan fingerprint density at radius 2 is 1.76 bits per heavy atom. The first-order valence-corrected chi connectivity index (χ1v) is 10.3. The van der Waals surface area contributed by atoms with Gasteiger partial charge in [-0.1, -0.05) is 43.3 Å². The molecule has 29 heavy (non-hydrogen) atoms. The van der Waals surface area contributed by atoms with Crippen LogP contribution in [0.4, 0.5) is 0 Å². The van der Waals surface area contributed by atoms with Gasteiger partial charge in [0.25, 0.3) is 5.91 Å². The van der Waals surface area contributed by atoms with Crippen LogP contribution in [0.2, 0.25) is 0 Å². The Balaban J connectivity index is 1.57. The van der Waals surface area contributed by atoms with Gasteiger partial charge < -0.3 is 14.8 Å². The zero-order valence-corrected chi connectivity index (χ0v) is 17.0. The van der Waals surface area contributed by atoms with Crippen molar-refractivity contribution in [3.8, 4) is 5.75 Å². The number of hydrogen-bond acceptors (Lipinski definition) is 5. The zero-order chi connectivity index (χ0) is 20.5. The number of esters is 1. The lowest BCUT2D eigenvalue weighted by Crippen LogP contribution is -2.32. The molecule has 0 aliphatic heterocycles. The lowest BCUT2D eigenvalue weighted by atomic mass is 10.1. The lowest BCUT2D eigenvalue weighted by Gasteiger charge is -2.18. The fourth-order valence-electron chi connectivity index (χ4n) is 2.74. The van der Waals surface area contributed by atoms with E-state index >= 15 is 0 Å². The van der Waals surface area contributed by atoms with E-state index in [4.69, 9.17) is 9.47 Å². The molecule has 6 heteroatoms. The third kappa shape index (κ3) is 5.93. The summed E-state index contributed by atoms with van der Waals surface area (Å²) in [7, 11) is 0. The van der Waals surface area contributed by atoms with Crippen LogP contribution in [-0.4, -0.2) is 25.1 Å². The molecule has 0 bridgehead atoms. The Morgan fingerprint density at radius 1 is 1.00 bits per heavy atom. The van der Waals surface area contributed by atoms with Gasteiger partial charge in [-0.2, -0.15) is 0 Å². The first kappa shape index (κ1) is 20.6. The molecular formula is C23H23NO4S. The molecule has 0 aliphatic carbocycles. The van der Waals surface area contributed by atoms with Gasteiger partial charge in [0.1, 0.15) is 5.75 Å². The minimum absolute atomic E-state index is 0.280. The average Bonchev–Trinajstić information content (AvgIpc) is 3.30. The predicted octanol–water partition coefficient (Wildman–Crippen LogP) is 4.60. The summed E-state index contributed by atoms with van der Waals surface area (Å²) in [5.74, 6) is -0.208. The van der Waals surface area contributed by atoms with Crippen molar-refractivity contribution in [1.82, 2.24) is 5.32 Å². The molecular weight excluding hydrogens is 386 g/mol. The van der Waals surface area contributed by atoms with E-state index in [9.17, 15) is 9.59 Å². The Morgan fingerprint density at radius 3 is 2.41 bits per heavy atom. The van der Waals surface area contributed by atoms with Crippen molar-refractivity contribution < 1.29 is 19.1 Å². The summed E-state index contributed by atoms with van der Waals surface area (Å²) in [6, 6.07) is 20.0. The van der Waals surface area contributed by atoms with Gasteiger partial charge in [-0.3, -0.25) is 4.79 Å². The zero-order valence-electron chi connectivity index (χ0n) is 16.2. The number of amides is 1. The molecule has 0 aliphatic rings. The second kappa shape index (κ2) is 10.4. The molecule has 0 spiro atoms. The van der Waals surface area contributed by atoms with E-state index < -0.39 is 5.97 Å². The van der Waals surface area contributed by atoms with Crippen molar-refractivity contribution in [2.75, 3.05) is 13.2 Å². The maximum absolute atomic E-state index is 12.4. The predicted molar refractivity (Wildman–Crippen MR) is 113 cm³/mol. The van der Waals surface area contributed by atoms with E-state index in [1.165, 1.54) is 0 Å². The summed E-state index contributed by atoms with van der Waals surface area (Å²) in [4.78, 5) is 25.7. The van der Waals surface area contributed by atoms with Crippen LogP contribution >= 0.6 is 11.3 Å². The minimum Gasteiger partial charge on any atom is -0.494 e. The topological polar surface area (TPSA) is 64.6 Å². The van der Waals surface area contributed by atoms with Gasteiger partial charge in [0.05, 0.1) is 18.2 Å². The van der Waals surface area contributed by atoms with Crippen LogP contribution in [-0.2, 0) is 9.53 Å². The third-order valence-electron chi connectivity index (χ3n) is 4.16. The number of carbonyl (C=O) groups excluding carboxylic acids is 2. The van der Waals surface area contributed by atoms with Crippen molar-refractivity contribution in [2.24, 2.45) is 0 Å². The summed E-state index contributed by atoms with van der Waals surface area (Å²) in [5.41, 5.74) is 1.34. The van der Waals surface area contributed by atoms with E-state index in [1.807, 2.05) is 54.8 Å². The van der Waals surface area contributed by atoms with Gasteiger partial charge in [-0.15, -0.1) is 11.3 Å². The standard InChI is InChI=1S/C23H23NO4S/c1-2-14-27-19-12-10-18(11-13-19)23(26)28-16-21(25)24-22(20-9-6-15-29-20)17-7-4-3-5-8-17/h3-13,15,22H,2,14,16H2,1H3,(H,24,25)/t22-/m0/s1. The maximum atomic E-state index is 12.4. The Hall–Kier alpha value is -3.12. The molecule has 0 fully saturated rings. The van der Waals surface area contributed by atoms with Gasteiger partial charge in [0.2, 0.25) is 0 Å². The number of thiophene rings is 1. The molecule has 3 aromatic rings. The molecule has 5 nitrogen and oxygen atoms in total. The highest BCUT2D eigenvalue weighted by Gasteiger charge is 2.19. The first-order chi connectivity index (χ1) is 14.2. The van der Waals surface area contributed by atoms with Gasteiger partial charge in [0, 0.05) is 4.88 Å². The van der Waals surface area contributed by atoms with Crippen molar-refractivity contribution in [2.45, 2.75) is 19.4 Å². The number of rotatable bonds is 9. The van der Waals surface area contributed by atoms with E-state index in [2.05, 4.69) is 5.32 Å². The number of ether oxygens (including phenoxy) is 2. The minimum atomic E-state index is -0.547. The second-order valence-corrected chi connectivity index (χ2v) is 7.35. The number of hydrogen-bond donors (Lipinski definition) is 1. The molecule has 1 aromatic heterocycles. The van der Waals surface area contributed by atoms with Crippen LogP contribution in [0.5, 0.6) is 5.75 Å². The van der Waals surface area contributed by atoms with E-state index in [0.29, 0.717) is 17.9 Å². The normalized spacial score (nSPS) is 11.5. The molecule has 1 atom stereocenters. The molecule has 0 saturated heterocycles. The van der Waals surface area contributed by atoms with Gasteiger partial charge in [-0.05, 0) is 47.7 Å². The average molecular weight is 410 g/mol. The van der Waals surface area contributed by atoms with Crippen molar-refractivity contribution >= 4 is 23.2 Å². The molecule has 3 rings (SSSR count). The van der Waals surface area contributed by atoms with Crippen LogP contribution in [0.1, 0.15) is 40.2 Å². The molecule has 1 N–H and O–H groups in total. The molecule has 150 valence electrons. The Bertz CT molecular complexity index is 908. The number of carbonyl (C=O) groups is 2. The summed E-state index contributed by atoms with van der Waals surface area (Å²) >= 11 is 1.56. The lowest BCUT2D eigenvalue weighted by molar-refractivity contribution is -0.124. The second-order valence-electron chi connectivity index (χ2n) is 6.38. The summed E-state index contributed by atoms with van der Waals surface area (Å²) in [6.45, 7) is 2.30. The highest BCUT2D eigenvalue weighted by Crippen LogP contribution is 2.25. The van der Waals surface area contributed by atoms with E-state index in [-0.39, 0.29) is 18.6 Å². The number of nitrogens with one attached hydrogen (secondary N) is 1. The van der Waals surface area contributed by atoms with Crippen molar-refractivity contribution in [3.05, 3.63) is 88.1 Å². The monoisotopic (exact) mass is 409 g/mol. The summed E-state index contributed by atoms with van der Waals surface area (Å²) < 4.78 is 10.7. The first-order valence-electron chi connectivity index (χ1n) is 9.45. The Kier molecular flexibility index (Phi) is 7.41. The summed E-state index contributed by atoms with van der Waals surface area (Å²) in [5, 5.41) is 4.91. The molecule has 1 heterocycles. The smallest absolute Gasteiger partial charge is 0.338 e. The summed E-state index contributed by atoms with van der Waals surface area (Å²) in [6.07, 6.45) is 0.911. The number of benzene rings is 2. The van der Waals surface area contributed by atoms with Crippen LogP contribution in [0.15, 0.2) is 72.1 Å². The highest BCUT2D eigenvalue weighted by molar-refractivity contribution is 7.10. The van der Waals surface area contributed by atoms with E-state index in [1.54, 1.807) is 35.6 Å². The van der Waals surface area contributed by atoms with Gasteiger partial charge >= 0.3 is 5.97 Å². The van der Waals surface area contributed by atoms with E-state index in [0.717, 1.165) is 16.9 Å². The maximum Gasteiger partial charge on any atom is 0.338 e. The molecule has 0 radical (unpaired) electrons. The van der Waals surface area contributed by atoms with Gasteiger partial charge in [0.15, 0.2) is 6.61 Å². The third-order valence-corrected chi connectivity index (χ3v) is 5.10. The molecule has 2 aromatic carbocycles. The van der Waals surface area contributed by atoms with Crippen LogP contribution in [0, 0.1) is 0 Å².